The van der Waals surface area contributed by atoms with Crippen LogP contribution in [0.5, 0.6) is 0 Å². The highest BCUT2D eigenvalue weighted by molar-refractivity contribution is 7.99. The first kappa shape index (κ1) is 19.2. The first-order valence-electron chi connectivity index (χ1n) is 9.40. The second-order valence-electron chi connectivity index (χ2n) is 6.95. The van der Waals surface area contributed by atoms with Gasteiger partial charge in [-0.3, -0.25) is 4.79 Å². The zero-order valence-corrected chi connectivity index (χ0v) is 17.2. The number of fused-ring (bicyclic) bond motifs is 2. The molecular formula is C24H21N3OS. The monoisotopic (exact) mass is 399 g/mol. The van der Waals surface area contributed by atoms with Crippen LogP contribution in [0.15, 0.2) is 76.9 Å². The van der Waals surface area contributed by atoms with Gasteiger partial charge in [-0.05, 0) is 48.4 Å². The van der Waals surface area contributed by atoms with E-state index in [1.165, 1.54) is 17.3 Å². The molecule has 1 amide bonds. The van der Waals surface area contributed by atoms with Crippen LogP contribution in [-0.4, -0.2) is 22.9 Å². The molecule has 5 heteroatoms. The fraction of sp³-hybridized carbons (Fsp3) is 0.125. The lowest BCUT2D eigenvalue weighted by molar-refractivity contribution is -0.118. The third kappa shape index (κ3) is 4.46. The molecule has 1 N–H and O–H groups in total. The second kappa shape index (κ2) is 8.45. The van der Waals surface area contributed by atoms with Crippen LogP contribution in [0.4, 0.5) is 0 Å². The van der Waals surface area contributed by atoms with Crippen LogP contribution in [0, 0.1) is 13.8 Å². The Labute approximate surface area is 174 Å². The third-order valence-corrected chi connectivity index (χ3v) is 5.63. The number of aromatic nitrogens is 1. The number of carbonyl (C=O) groups excluding carboxylic acids is 1. The Balaban J connectivity index is 1.39. The molecular weight excluding hydrogens is 378 g/mol. The molecule has 0 fully saturated rings. The number of nitrogens with one attached hydrogen (secondary N) is 1. The van der Waals surface area contributed by atoms with E-state index >= 15 is 0 Å². The summed E-state index contributed by atoms with van der Waals surface area (Å²) in [6.45, 7) is 4.15. The summed E-state index contributed by atoms with van der Waals surface area (Å²) in [5, 5.41) is 8.36. The molecule has 4 aromatic rings. The maximum absolute atomic E-state index is 12.2. The van der Waals surface area contributed by atoms with E-state index in [2.05, 4.69) is 53.6 Å². The number of aryl methyl sites for hydroxylation is 2. The van der Waals surface area contributed by atoms with E-state index in [-0.39, 0.29) is 11.7 Å². The lowest BCUT2D eigenvalue weighted by atomic mass is 10.1. The number of thioether (sulfide) groups is 1. The summed E-state index contributed by atoms with van der Waals surface area (Å²) in [6.07, 6.45) is 1.69. The maximum atomic E-state index is 12.2. The van der Waals surface area contributed by atoms with Crippen molar-refractivity contribution < 1.29 is 4.79 Å². The van der Waals surface area contributed by atoms with E-state index in [4.69, 9.17) is 0 Å². The minimum absolute atomic E-state index is 0.157. The van der Waals surface area contributed by atoms with Gasteiger partial charge in [-0.1, -0.05) is 65.9 Å². The molecule has 0 saturated heterocycles. The smallest absolute Gasteiger partial charge is 0.250 e. The number of amides is 1. The summed E-state index contributed by atoms with van der Waals surface area (Å²) in [7, 11) is 0. The molecule has 1 heterocycles. The van der Waals surface area contributed by atoms with Crippen LogP contribution < -0.4 is 5.43 Å². The molecule has 3 aromatic carbocycles. The highest BCUT2D eigenvalue weighted by Gasteiger charge is 2.07. The van der Waals surface area contributed by atoms with Crippen molar-refractivity contribution in [1.29, 1.82) is 0 Å². The van der Waals surface area contributed by atoms with Crippen LogP contribution >= 0.6 is 11.8 Å². The van der Waals surface area contributed by atoms with E-state index in [0.29, 0.717) is 0 Å². The Bertz CT molecular complexity index is 1230. The number of hydrogen-bond donors (Lipinski definition) is 1. The number of hydrogen-bond acceptors (Lipinski definition) is 4. The molecule has 0 aliphatic carbocycles. The van der Waals surface area contributed by atoms with Crippen molar-refractivity contribution in [2.75, 3.05) is 5.75 Å². The minimum atomic E-state index is -0.157. The van der Waals surface area contributed by atoms with Gasteiger partial charge in [-0.25, -0.2) is 10.4 Å². The summed E-state index contributed by atoms with van der Waals surface area (Å²) in [6, 6.07) is 22.4. The molecule has 0 atom stereocenters. The quantitative estimate of drug-likeness (QED) is 0.283. The second-order valence-corrected chi connectivity index (χ2v) is 7.94. The molecule has 4 rings (SSSR count). The molecule has 0 aliphatic rings. The molecule has 144 valence electrons. The van der Waals surface area contributed by atoms with Gasteiger partial charge >= 0.3 is 0 Å². The topological polar surface area (TPSA) is 54.4 Å². The van der Waals surface area contributed by atoms with Crippen molar-refractivity contribution >= 4 is 45.6 Å². The standard InChI is InChI=1S/C24H21N3OS/c1-16-10-11-22-21(12-16)17(2)13-24(26-22)29-15-23(28)27-25-14-19-8-5-7-18-6-3-4-9-20(18)19/h3-14H,15H2,1-2H3,(H,27,28)/b25-14-. The Morgan fingerprint density at radius 2 is 1.86 bits per heavy atom. The number of pyridine rings is 1. The van der Waals surface area contributed by atoms with Crippen LogP contribution in [0.2, 0.25) is 0 Å². The molecule has 1 aromatic heterocycles. The van der Waals surface area contributed by atoms with Crippen molar-refractivity contribution in [3.63, 3.8) is 0 Å². The molecule has 0 unspecified atom stereocenters. The predicted octanol–water partition coefficient (Wildman–Crippen LogP) is 5.25. The number of nitrogens with zero attached hydrogens (tertiary/aromatic N) is 2. The van der Waals surface area contributed by atoms with E-state index in [0.717, 1.165) is 37.8 Å². The lowest BCUT2D eigenvalue weighted by Gasteiger charge is -2.07. The number of carbonyl (C=O) groups is 1. The summed E-state index contributed by atoms with van der Waals surface area (Å²) in [5.41, 5.74) is 6.91. The minimum Gasteiger partial charge on any atom is -0.272 e. The SMILES string of the molecule is Cc1ccc2nc(SCC(=O)N/N=C\c3cccc4ccccc34)cc(C)c2c1. The zero-order valence-electron chi connectivity index (χ0n) is 16.3. The number of hydrazone groups is 1. The fourth-order valence-electron chi connectivity index (χ4n) is 3.26. The highest BCUT2D eigenvalue weighted by atomic mass is 32.2. The van der Waals surface area contributed by atoms with E-state index in [9.17, 15) is 4.79 Å². The average molecular weight is 400 g/mol. The van der Waals surface area contributed by atoms with Gasteiger partial charge in [-0.15, -0.1) is 0 Å². The Hall–Kier alpha value is -3.18. The molecule has 0 aliphatic heterocycles. The van der Waals surface area contributed by atoms with Crippen molar-refractivity contribution in [2.24, 2.45) is 5.10 Å². The Morgan fingerprint density at radius 3 is 2.76 bits per heavy atom. The van der Waals surface area contributed by atoms with Gasteiger partial charge in [0.1, 0.15) is 0 Å². The van der Waals surface area contributed by atoms with Crippen LogP contribution in [0.3, 0.4) is 0 Å². The third-order valence-electron chi connectivity index (χ3n) is 4.71. The zero-order chi connectivity index (χ0) is 20.2. The van der Waals surface area contributed by atoms with Crippen molar-refractivity contribution in [1.82, 2.24) is 10.4 Å². The summed E-state index contributed by atoms with van der Waals surface area (Å²) in [4.78, 5) is 16.8. The van der Waals surface area contributed by atoms with Gasteiger partial charge in [0.15, 0.2) is 0 Å². The Morgan fingerprint density at radius 1 is 1.03 bits per heavy atom. The van der Waals surface area contributed by atoms with Crippen molar-refractivity contribution in [3.05, 3.63) is 83.4 Å². The summed E-state index contributed by atoms with van der Waals surface area (Å²) in [5.74, 6) is 0.103. The first-order chi connectivity index (χ1) is 14.1. The van der Waals surface area contributed by atoms with E-state index < -0.39 is 0 Å². The fourth-order valence-corrected chi connectivity index (χ4v) is 4.03. The van der Waals surface area contributed by atoms with Gasteiger partial charge in [-0.2, -0.15) is 5.10 Å². The van der Waals surface area contributed by atoms with Gasteiger partial charge in [0.2, 0.25) is 5.91 Å². The van der Waals surface area contributed by atoms with Crippen molar-refractivity contribution in [2.45, 2.75) is 18.9 Å². The Kier molecular flexibility index (Phi) is 5.58. The predicted molar refractivity (Wildman–Crippen MR) is 122 cm³/mol. The maximum Gasteiger partial charge on any atom is 0.250 e. The molecule has 0 saturated carbocycles. The molecule has 4 nitrogen and oxygen atoms in total. The molecule has 0 bridgehead atoms. The van der Waals surface area contributed by atoms with Gasteiger partial charge in [0.25, 0.3) is 0 Å². The van der Waals surface area contributed by atoms with Gasteiger partial charge in [0, 0.05) is 10.9 Å². The number of benzene rings is 3. The lowest BCUT2D eigenvalue weighted by Crippen LogP contribution is -2.19. The average Bonchev–Trinajstić information content (AvgIpc) is 2.73. The van der Waals surface area contributed by atoms with Gasteiger partial charge < -0.3 is 0 Å². The summed E-state index contributed by atoms with van der Waals surface area (Å²) >= 11 is 1.41. The largest absolute Gasteiger partial charge is 0.272 e. The number of rotatable bonds is 5. The van der Waals surface area contributed by atoms with E-state index in [1.54, 1.807) is 6.21 Å². The molecule has 29 heavy (non-hydrogen) atoms. The highest BCUT2D eigenvalue weighted by Crippen LogP contribution is 2.24. The van der Waals surface area contributed by atoms with Crippen LogP contribution in [0.1, 0.15) is 16.7 Å². The molecule has 0 spiro atoms. The van der Waals surface area contributed by atoms with Crippen molar-refractivity contribution in [3.8, 4) is 0 Å². The van der Waals surface area contributed by atoms with Crippen LogP contribution in [-0.2, 0) is 4.79 Å². The molecule has 0 radical (unpaired) electrons. The van der Waals surface area contributed by atoms with Crippen LogP contribution in [0.25, 0.3) is 21.7 Å². The van der Waals surface area contributed by atoms with Gasteiger partial charge in [0.05, 0.1) is 22.5 Å². The summed E-state index contributed by atoms with van der Waals surface area (Å²) < 4.78 is 0. The van der Waals surface area contributed by atoms with E-state index in [1.807, 2.05) is 42.5 Å². The first-order valence-corrected chi connectivity index (χ1v) is 10.4. The normalized spacial score (nSPS) is 11.4.